The predicted molar refractivity (Wildman–Crippen MR) is 90.7 cm³/mol. The zero-order valence-electron chi connectivity index (χ0n) is 13.2. The molecule has 0 aliphatic rings. The van der Waals surface area contributed by atoms with Crippen molar-refractivity contribution >= 4 is 5.78 Å². The standard InChI is InChI=1S/C13H10O.C7H16/c14-13(11-7-3-1-4-8-11)12-9-5-2-6-10-12;1-3-5-7-6-4-2/h1-10H;3-7H2,1-2H3. The van der Waals surface area contributed by atoms with Crippen molar-refractivity contribution in [3.05, 3.63) is 71.8 Å². The molecular weight excluding hydrogens is 256 g/mol. The van der Waals surface area contributed by atoms with E-state index in [1.54, 1.807) is 0 Å². The molecule has 0 aliphatic carbocycles. The number of benzene rings is 2. The fourth-order valence-corrected chi connectivity index (χ4v) is 2.02. The van der Waals surface area contributed by atoms with Crippen molar-refractivity contribution in [2.24, 2.45) is 0 Å². The van der Waals surface area contributed by atoms with Crippen LogP contribution in [-0.2, 0) is 0 Å². The molecule has 112 valence electrons. The van der Waals surface area contributed by atoms with Gasteiger partial charge in [-0.2, -0.15) is 0 Å². The first-order chi connectivity index (χ1) is 10.3. The highest BCUT2D eigenvalue weighted by Crippen LogP contribution is 2.08. The lowest BCUT2D eigenvalue weighted by Crippen LogP contribution is -1.99. The highest BCUT2D eigenvalue weighted by molar-refractivity contribution is 6.08. The first-order valence-corrected chi connectivity index (χ1v) is 7.94. The maximum Gasteiger partial charge on any atom is 0.193 e. The van der Waals surface area contributed by atoms with Crippen molar-refractivity contribution in [2.75, 3.05) is 0 Å². The van der Waals surface area contributed by atoms with Gasteiger partial charge in [0.2, 0.25) is 0 Å². The third-order valence-electron chi connectivity index (χ3n) is 3.28. The number of carbonyl (C=O) groups is 1. The minimum absolute atomic E-state index is 0.0752. The summed E-state index contributed by atoms with van der Waals surface area (Å²) < 4.78 is 0. The topological polar surface area (TPSA) is 17.1 Å². The van der Waals surface area contributed by atoms with E-state index in [9.17, 15) is 4.79 Å². The molecule has 0 amide bonds. The number of rotatable bonds is 6. The first-order valence-electron chi connectivity index (χ1n) is 7.94. The van der Waals surface area contributed by atoms with Gasteiger partial charge in [-0.1, -0.05) is 107 Å². The van der Waals surface area contributed by atoms with Crippen LogP contribution in [0.2, 0.25) is 0 Å². The van der Waals surface area contributed by atoms with E-state index in [4.69, 9.17) is 0 Å². The van der Waals surface area contributed by atoms with Gasteiger partial charge in [0.25, 0.3) is 0 Å². The van der Waals surface area contributed by atoms with Crippen LogP contribution in [0.15, 0.2) is 60.7 Å². The van der Waals surface area contributed by atoms with Gasteiger partial charge in [-0.3, -0.25) is 4.79 Å². The summed E-state index contributed by atoms with van der Waals surface area (Å²) in [5, 5.41) is 0. The van der Waals surface area contributed by atoms with Crippen LogP contribution in [0.4, 0.5) is 0 Å². The Morgan fingerprint density at radius 3 is 1.38 bits per heavy atom. The number of hydrogen-bond acceptors (Lipinski definition) is 1. The second-order valence-corrected chi connectivity index (χ2v) is 5.12. The van der Waals surface area contributed by atoms with Crippen LogP contribution in [0.3, 0.4) is 0 Å². The molecule has 2 aromatic rings. The lowest BCUT2D eigenvalue weighted by atomic mass is 10.0. The van der Waals surface area contributed by atoms with Crippen LogP contribution in [0, 0.1) is 0 Å². The summed E-state index contributed by atoms with van der Waals surface area (Å²) in [6, 6.07) is 18.6. The molecule has 0 saturated heterocycles. The van der Waals surface area contributed by atoms with E-state index in [0.29, 0.717) is 0 Å². The van der Waals surface area contributed by atoms with Crippen LogP contribution < -0.4 is 0 Å². The predicted octanol–water partition coefficient (Wildman–Crippen LogP) is 5.89. The molecule has 0 spiro atoms. The van der Waals surface area contributed by atoms with Crippen LogP contribution in [0.5, 0.6) is 0 Å². The van der Waals surface area contributed by atoms with Crippen LogP contribution in [0.1, 0.15) is 61.9 Å². The van der Waals surface area contributed by atoms with Gasteiger partial charge >= 0.3 is 0 Å². The lowest BCUT2D eigenvalue weighted by molar-refractivity contribution is 0.103. The van der Waals surface area contributed by atoms with E-state index in [-0.39, 0.29) is 5.78 Å². The van der Waals surface area contributed by atoms with Gasteiger partial charge in [-0.15, -0.1) is 0 Å². The Balaban J connectivity index is 0.000000270. The number of unbranched alkanes of at least 4 members (excludes halogenated alkanes) is 4. The molecule has 21 heavy (non-hydrogen) atoms. The molecule has 0 fully saturated rings. The van der Waals surface area contributed by atoms with Gasteiger partial charge in [0.15, 0.2) is 5.78 Å². The van der Waals surface area contributed by atoms with E-state index >= 15 is 0 Å². The molecule has 0 saturated carbocycles. The Labute approximate surface area is 129 Å². The molecule has 0 unspecified atom stereocenters. The number of carbonyl (C=O) groups excluding carboxylic acids is 1. The fraction of sp³-hybridized carbons (Fsp3) is 0.350. The summed E-state index contributed by atoms with van der Waals surface area (Å²) in [7, 11) is 0. The van der Waals surface area contributed by atoms with Crippen LogP contribution in [-0.4, -0.2) is 5.78 Å². The minimum atomic E-state index is 0.0752. The number of ketones is 1. The Hall–Kier alpha value is -1.89. The van der Waals surface area contributed by atoms with E-state index in [2.05, 4.69) is 13.8 Å². The molecule has 1 nitrogen and oxygen atoms in total. The molecular formula is C20H26O. The molecule has 0 N–H and O–H groups in total. The van der Waals surface area contributed by atoms with Gasteiger partial charge < -0.3 is 0 Å². The van der Waals surface area contributed by atoms with Crippen molar-refractivity contribution in [3.63, 3.8) is 0 Å². The molecule has 0 radical (unpaired) electrons. The highest BCUT2D eigenvalue weighted by atomic mass is 16.1. The maximum absolute atomic E-state index is 11.8. The summed E-state index contributed by atoms with van der Waals surface area (Å²) in [5.41, 5.74) is 1.47. The minimum Gasteiger partial charge on any atom is -0.289 e. The average molecular weight is 282 g/mol. The van der Waals surface area contributed by atoms with E-state index in [1.165, 1.54) is 32.1 Å². The molecule has 0 bridgehead atoms. The first kappa shape index (κ1) is 17.2. The third-order valence-corrected chi connectivity index (χ3v) is 3.28. The Kier molecular flexibility index (Phi) is 8.86. The van der Waals surface area contributed by atoms with Gasteiger partial charge in [0.1, 0.15) is 0 Å². The highest BCUT2D eigenvalue weighted by Gasteiger charge is 2.06. The molecule has 2 rings (SSSR count). The summed E-state index contributed by atoms with van der Waals surface area (Å²) in [6.07, 6.45) is 7.01. The van der Waals surface area contributed by atoms with Gasteiger partial charge in [0, 0.05) is 11.1 Å². The second-order valence-electron chi connectivity index (χ2n) is 5.12. The second kappa shape index (κ2) is 10.8. The fourth-order valence-electron chi connectivity index (χ4n) is 2.02. The smallest absolute Gasteiger partial charge is 0.193 e. The summed E-state index contributed by atoms with van der Waals surface area (Å²) >= 11 is 0. The van der Waals surface area contributed by atoms with Gasteiger partial charge in [0.05, 0.1) is 0 Å². The molecule has 0 aromatic heterocycles. The zero-order valence-corrected chi connectivity index (χ0v) is 13.2. The van der Waals surface area contributed by atoms with Crippen molar-refractivity contribution in [2.45, 2.75) is 46.0 Å². The van der Waals surface area contributed by atoms with Crippen LogP contribution >= 0.6 is 0 Å². The molecule has 2 aromatic carbocycles. The molecule has 1 heteroatoms. The lowest BCUT2D eigenvalue weighted by Gasteiger charge is -1.99. The third kappa shape index (κ3) is 6.89. The largest absolute Gasteiger partial charge is 0.289 e. The molecule has 0 atom stereocenters. The zero-order chi connectivity index (χ0) is 15.3. The SMILES string of the molecule is CCCCCCC.O=C(c1ccccc1)c1ccccc1. The average Bonchev–Trinajstić information content (AvgIpc) is 2.57. The summed E-state index contributed by atoms with van der Waals surface area (Å²) in [5.74, 6) is 0.0752. The van der Waals surface area contributed by atoms with E-state index < -0.39 is 0 Å². The van der Waals surface area contributed by atoms with E-state index in [0.717, 1.165) is 11.1 Å². The van der Waals surface area contributed by atoms with Crippen LogP contribution in [0.25, 0.3) is 0 Å². The van der Waals surface area contributed by atoms with Crippen molar-refractivity contribution in [1.82, 2.24) is 0 Å². The van der Waals surface area contributed by atoms with Crippen molar-refractivity contribution in [1.29, 1.82) is 0 Å². The Morgan fingerprint density at radius 2 is 1.05 bits per heavy atom. The van der Waals surface area contributed by atoms with Crippen molar-refractivity contribution < 1.29 is 4.79 Å². The van der Waals surface area contributed by atoms with Gasteiger partial charge in [-0.05, 0) is 0 Å². The Bertz CT molecular complexity index is 442. The summed E-state index contributed by atoms with van der Waals surface area (Å²) in [6.45, 7) is 4.49. The molecule has 0 aliphatic heterocycles. The molecule has 0 heterocycles. The monoisotopic (exact) mass is 282 g/mol. The summed E-state index contributed by atoms with van der Waals surface area (Å²) in [4.78, 5) is 11.8. The van der Waals surface area contributed by atoms with Crippen molar-refractivity contribution in [3.8, 4) is 0 Å². The van der Waals surface area contributed by atoms with E-state index in [1.807, 2.05) is 60.7 Å². The number of hydrogen-bond donors (Lipinski definition) is 0. The maximum atomic E-state index is 11.8. The van der Waals surface area contributed by atoms with Gasteiger partial charge in [-0.25, -0.2) is 0 Å². The quantitative estimate of drug-likeness (QED) is 0.476. The Morgan fingerprint density at radius 1 is 0.667 bits per heavy atom. The normalized spacial score (nSPS) is 9.62.